The van der Waals surface area contributed by atoms with Crippen molar-refractivity contribution < 1.29 is 37.2 Å². The maximum Gasteiger partial charge on any atom is 0.417 e. The molecule has 2 unspecified atom stereocenters. The van der Waals surface area contributed by atoms with E-state index in [0.29, 0.717) is 12.3 Å². The van der Waals surface area contributed by atoms with Crippen LogP contribution in [-0.4, -0.2) is 58.0 Å². The highest BCUT2D eigenvalue weighted by Gasteiger charge is 2.70. The van der Waals surface area contributed by atoms with Gasteiger partial charge in [-0.3, -0.25) is 28.9 Å². The number of ketones is 2. The van der Waals surface area contributed by atoms with Crippen molar-refractivity contribution >= 4 is 40.8 Å². The molecule has 1 aromatic rings. The number of pyridine rings is 1. The van der Waals surface area contributed by atoms with E-state index in [-0.39, 0.29) is 36.8 Å². The third-order valence-corrected chi connectivity index (χ3v) is 6.40. The summed E-state index contributed by atoms with van der Waals surface area (Å²) in [6.07, 6.45) is -5.23. The van der Waals surface area contributed by atoms with Crippen molar-refractivity contribution in [1.29, 1.82) is 0 Å². The van der Waals surface area contributed by atoms with Gasteiger partial charge in [-0.05, 0) is 11.5 Å². The smallest absolute Gasteiger partial charge is 0.367 e. The van der Waals surface area contributed by atoms with E-state index >= 15 is 0 Å². The highest BCUT2D eigenvalue weighted by molar-refractivity contribution is 6.33. The second kappa shape index (κ2) is 7.74. The number of imide groups is 1. The molecule has 13 heteroatoms. The number of Topliss-reactive ketones (excluding diaryl/α,β-unsaturated/α-hetero) is 2. The molecule has 0 bridgehead atoms. The van der Waals surface area contributed by atoms with Crippen LogP contribution in [0.15, 0.2) is 12.3 Å². The summed E-state index contributed by atoms with van der Waals surface area (Å²) >= 11 is 5.84. The van der Waals surface area contributed by atoms with Gasteiger partial charge in [0.15, 0.2) is 23.2 Å². The molecule has 3 fully saturated rings. The Bertz CT molecular complexity index is 1040. The van der Waals surface area contributed by atoms with Crippen LogP contribution in [-0.2, 0) is 30.2 Å². The van der Waals surface area contributed by atoms with Crippen LogP contribution < -0.4 is 10.8 Å². The van der Waals surface area contributed by atoms with Crippen molar-refractivity contribution in [1.82, 2.24) is 15.4 Å². The van der Waals surface area contributed by atoms with Crippen LogP contribution in [0.5, 0.6) is 0 Å². The van der Waals surface area contributed by atoms with Crippen molar-refractivity contribution in [3.05, 3.63) is 22.8 Å². The molecule has 0 aromatic carbocycles. The van der Waals surface area contributed by atoms with Crippen molar-refractivity contribution in [2.24, 2.45) is 11.3 Å². The van der Waals surface area contributed by atoms with Gasteiger partial charge in [0.2, 0.25) is 5.91 Å². The van der Waals surface area contributed by atoms with Gasteiger partial charge in [0.25, 0.3) is 5.91 Å². The number of rotatable bonds is 4. The first-order chi connectivity index (χ1) is 15.3. The van der Waals surface area contributed by atoms with Crippen LogP contribution in [0.25, 0.3) is 0 Å². The number of hydroxylamine groups is 1. The zero-order valence-electron chi connectivity index (χ0n) is 17.6. The number of nitrogens with one attached hydrogen (secondary N) is 2. The molecule has 2 N–H and O–H groups in total. The van der Waals surface area contributed by atoms with Gasteiger partial charge in [0.1, 0.15) is 11.7 Å². The van der Waals surface area contributed by atoms with E-state index in [4.69, 9.17) is 16.4 Å². The lowest BCUT2D eigenvalue weighted by Crippen LogP contribution is -2.64. The standard InChI is InChI=1S/C20H20ClF3N4O5/c1-18(2)6-11(29)19(12(30)7-18)13-14(33-27-19)17(32)28(16(13)31)4-3-25-15-10(21)5-9(8-26-15)20(22,23)24/h5,8,13-14,27H,3-4,6-7H2,1-2H3,(H,25,26). The highest BCUT2D eigenvalue weighted by atomic mass is 35.5. The summed E-state index contributed by atoms with van der Waals surface area (Å²) in [4.78, 5) is 61.4. The molecule has 2 saturated heterocycles. The number of aromatic nitrogens is 1. The molecule has 2 amide bonds. The average Bonchev–Trinajstić information content (AvgIpc) is 3.19. The number of carbonyl (C=O) groups is 4. The van der Waals surface area contributed by atoms with Gasteiger partial charge in [0.05, 0.1) is 10.6 Å². The van der Waals surface area contributed by atoms with Gasteiger partial charge < -0.3 is 5.32 Å². The molecule has 0 radical (unpaired) electrons. The molecular weight excluding hydrogens is 469 g/mol. The first-order valence-corrected chi connectivity index (χ1v) is 10.5. The normalized spacial score (nSPS) is 26.3. The first kappa shape index (κ1) is 23.6. The summed E-state index contributed by atoms with van der Waals surface area (Å²) in [7, 11) is 0. The molecule has 3 aliphatic rings. The quantitative estimate of drug-likeness (QED) is 0.486. The number of carbonyl (C=O) groups excluding carboxylic acids is 4. The number of halogens is 4. The number of hydrogen-bond donors (Lipinski definition) is 2. The third kappa shape index (κ3) is 3.79. The highest BCUT2D eigenvalue weighted by Crippen LogP contribution is 2.46. The maximum absolute atomic E-state index is 13.1. The number of nitrogens with zero attached hydrogens (tertiary/aromatic N) is 2. The van der Waals surface area contributed by atoms with Gasteiger partial charge in [-0.2, -0.15) is 18.7 Å². The number of alkyl halides is 3. The Morgan fingerprint density at radius 1 is 1.21 bits per heavy atom. The fourth-order valence-electron chi connectivity index (χ4n) is 4.51. The Hall–Kier alpha value is -2.57. The fraction of sp³-hybridized carbons (Fsp3) is 0.550. The summed E-state index contributed by atoms with van der Waals surface area (Å²) < 4.78 is 38.2. The van der Waals surface area contributed by atoms with Crippen molar-refractivity contribution in [2.75, 3.05) is 18.4 Å². The topological polar surface area (TPSA) is 118 Å². The number of anilines is 1. The summed E-state index contributed by atoms with van der Waals surface area (Å²) in [5.74, 6) is -3.82. The van der Waals surface area contributed by atoms with Crippen molar-refractivity contribution in [2.45, 2.75) is 44.5 Å². The minimum Gasteiger partial charge on any atom is -0.367 e. The zero-order chi connectivity index (χ0) is 24.3. The van der Waals surface area contributed by atoms with Gasteiger partial charge in [-0.25, -0.2) is 4.98 Å². The molecule has 1 saturated carbocycles. The molecule has 178 valence electrons. The average molecular weight is 489 g/mol. The molecule has 2 aliphatic heterocycles. The van der Waals surface area contributed by atoms with E-state index in [9.17, 15) is 32.3 Å². The van der Waals surface area contributed by atoms with Crippen LogP contribution in [0, 0.1) is 11.3 Å². The second-order valence-electron chi connectivity index (χ2n) is 9.10. The van der Waals surface area contributed by atoms with E-state index in [1.165, 1.54) is 0 Å². The van der Waals surface area contributed by atoms with E-state index in [1.807, 2.05) is 0 Å². The number of amides is 2. The Morgan fingerprint density at radius 2 is 1.85 bits per heavy atom. The fourth-order valence-corrected chi connectivity index (χ4v) is 4.74. The van der Waals surface area contributed by atoms with Crippen LogP contribution in [0.4, 0.5) is 19.0 Å². The predicted octanol–water partition coefficient (Wildman–Crippen LogP) is 1.75. The third-order valence-electron chi connectivity index (χ3n) is 6.11. The Labute approximate surface area is 190 Å². The van der Waals surface area contributed by atoms with Crippen LogP contribution in [0.2, 0.25) is 5.02 Å². The summed E-state index contributed by atoms with van der Waals surface area (Å²) in [6.45, 7) is 3.26. The Balaban J connectivity index is 1.47. The largest absolute Gasteiger partial charge is 0.417 e. The van der Waals surface area contributed by atoms with E-state index in [2.05, 4.69) is 15.8 Å². The van der Waals surface area contributed by atoms with Crippen molar-refractivity contribution in [3.63, 3.8) is 0 Å². The lowest BCUT2D eigenvalue weighted by Gasteiger charge is -2.39. The van der Waals surface area contributed by atoms with Gasteiger partial charge in [-0.15, -0.1) is 0 Å². The minimum absolute atomic E-state index is 0.0411. The summed E-state index contributed by atoms with van der Waals surface area (Å²) in [6, 6.07) is 0.707. The van der Waals surface area contributed by atoms with Gasteiger partial charge in [0, 0.05) is 32.1 Å². The Morgan fingerprint density at radius 3 is 2.42 bits per heavy atom. The molecule has 9 nitrogen and oxygen atoms in total. The van der Waals surface area contributed by atoms with Gasteiger partial charge in [-0.1, -0.05) is 25.4 Å². The van der Waals surface area contributed by atoms with Crippen molar-refractivity contribution in [3.8, 4) is 0 Å². The molecule has 2 atom stereocenters. The molecule has 1 aliphatic carbocycles. The first-order valence-electron chi connectivity index (χ1n) is 10.1. The molecule has 4 rings (SSSR count). The summed E-state index contributed by atoms with van der Waals surface area (Å²) in [5.41, 5.74) is -1.08. The second-order valence-corrected chi connectivity index (χ2v) is 9.50. The number of fused-ring (bicyclic) bond motifs is 2. The maximum atomic E-state index is 13.1. The van der Waals surface area contributed by atoms with Crippen LogP contribution >= 0.6 is 11.6 Å². The predicted molar refractivity (Wildman–Crippen MR) is 107 cm³/mol. The Kier molecular flexibility index (Phi) is 5.53. The minimum atomic E-state index is -4.60. The van der Waals surface area contributed by atoms with E-state index in [1.54, 1.807) is 13.8 Å². The lowest BCUT2D eigenvalue weighted by atomic mass is 9.63. The van der Waals surface area contributed by atoms with Crippen LogP contribution in [0.1, 0.15) is 32.3 Å². The monoisotopic (exact) mass is 488 g/mol. The molecule has 1 aromatic heterocycles. The SMILES string of the molecule is CC1(C)CC(=O)C2(NOC3C(=O)N(CCNc4ncc(C(F)(F)F)cc4Cl)C(=O)C32)C(=O)C1. The number of hydrogen-bond acceptors (Lipinski definition) is 8. The molecular formula is C20H20ClF3N4O5. The number of likely N-dealkylation sites (tertiary alicyclic amines) is 1. The molecule has 1 spiro atoms. The van der Waals surface area contributed by atoms with Gasteiger partial charge >= 0.3 is 6.18 Å². The van der Waals surface area contributed by atoms with E-state index < -0.39 is 58.1 Å². The zero-order valence-corrected chi connectivity index (χ0v) is 18.3. The summed E-state index contributed by atoms with van der Waals surface area (Å²) in [5, 5.41) is 2.39. The molecule has 3 heterocycles. The molecule has 33 heavy (non-hydrogen) atoms. The van der Waals surface area contributed by atoms with E-state index in [0.717, 1.165) is 4.90 Å². The lowest BCUT2D eigenvalue weighted by molar-refractivity contribution is -0.156. The van der Waals surface area contributed by atoms with Crippen LogP contribution in [0.3, 0.4) is 0 Å².